The van der Waals surface area contributed by atoms with Gasteiger partial charge in [-0.2, -0.15) is 0 Å². The molecule has 8 heteroatoms. The van der Waals surface area contributed by atoms with E-state index in [-0.39, 0.29) is 19.3 Å². The van der Waals surface area contributed by atoms with Crippen molar-refractivity contribution in [1.29, 1.82) is 0 Å². The number of rotatable bonds is 20. The lowest BCUT2D eigenvalue weighted by Gasteiger charge is -2.06. The first-order chi connectivity index (χ1) is 14.7. The first kappa shape index (κ1) is 31.1. The average molecular weight is 447 g/mol. The number of carbonyl (C=O) groups is 4. The highest BCUT2D eigenvalue weighted by molar-refractivity contribution is 5.92. The molecule has 0 bridgehead atoms. The molecule has 31 heavy (non-hydrogen) atoms. The minimum absolute atomic E-state index is 0.245. The minimum Gasteiger partial charge on any atom is -0.481 e. The monoisotopic (exact) mass is 446 g/mol. The highest BCUT2D eigenvalue weighted by atomic mass is 16.4. The van der Waals surface area contributed by atoms with E-state index in [2.05, 4.69) is 6.92 Å². The predicted octanol–water partition coefficient (Wildman–Crippen LogP) is 5.58. The van der Waals surface area contributed by atoms with Crippen LogP contribution in [0.25, 0.3) is 0 Å². The summed E-state index contributed by atoms with van der Waals surface area (Å²) in [5, 5.41) is 34.0. The van der Waals surface area contributed by atoms with Gasteiger partial charge >= 0.3 is 23.9 Å². The largest absolute Gasteiger partial charge is 0.481 e. The van der Waals surface area contributed by atoms with E-state index in [4.69, 9.17) is 20.4 Å². The lowest BCUT2D eigenvalue weighted by Crippen LogP contribution is -2.23. The first-order valence-corrected chi connectivity index (χ1v) is 11.6. The van der Waals surface area contributed by atoms with Gasteiger partial charge in [-0.25, -0.2) is 0 Å². The van der Waals surface area contributed by atoms with Crippen LogP contribution in [0.4, 0.5) is 0 Å². The predicted molar refractivity (Wildman–Crippen MR) is 118 cm³/mol. The standard InChI is InChI=1S/C13H24O4.C10H18O4/c1-2-3-4-5-6-7-8-9-10-11(12(14)15)13(16)17;11-9(12)7-5-3-1-2-4-6-8-10(13)14/h11H,2-10H2,1H3,(H,14,15)(H,16,17);1-8H2,(H,11,12)(H,13,14). The van der Waals surface area contributed by atoms with Crippen LogP contribution in [0.15, 0.2) is 0 Å². The second-order valence-electron chi connectivity index (χ2n) is 7.90. The number of aliphatic carboxylic acids is 4. The Balaban J connectivity index is 0. The van der Waals surface area contributed by atoms with Crippen LogP contribution in [0, 0.1) is 5.92 Å². The van der Waals surface area contributed by atoms with Crippen LogP contribution in [0.2, 0.25) is 0 Å². The summed E-state index contributed by atoms with van der Waals surface area (Å²) in [4.78, 5) is 41.5. The van der Waals surface area contributed by atoms with Crippen LogP contribution < -0.4 is 0 Å². The van der Waals surface area contributed by atoms with Crippen molar-refractivity contribution in [2.24, 2.45) is 5.92 Å². The van der Waals surface area contributed by atoms with E-state index >= 15 is 0 Å². The molecule has 0 atom stereocenters. The number of hydrogen-bond donors (Lipinski definition) is 4. The normalized spacial score (nSPS) is 10.4. The number of carboxylic acid groups (broad SMARTS) is 4. The van der Waals surface area contributed by atoms with Crippen LogP contribution in [-0.4, -0.2) is 44.3 Å². The zero-order chi connectivity index (χ0) is 23.9. The van der Waals surface area contributed by atoms with Gasteiger partial charge in [0.1, 0.15) is 0 Å². The summed E-state index contributed by atoms with van der Waals surface area (Å²) in [6.45, 7) is 2.18. The Morgan fingerprint density at radius 2 is 0.839 bits per heavy atom. The van der Waals surface area contributed by atoms with E-state index in [0.717, 1.165) is 51.4 Å². The summed E-state index contributed by atoms with van der Waals surface area (Å²) in [5.74, 6) is -5.15. The number of carboxylic acids is 4. The Kier molecular flexibility index (Phi) is 22.6. The fraction of sp³-hybridized carbons (Fsp3) is 0.826. The molecule has 0 radical (unpaired) electrons. The van der Waals surface area contributed by atoms with E-state index in [1.54, 1.807) is 0 Å². The third-order valence-corrected chi connectivity index (χ3v) is 4.97. The summed E-state index contributed by atoms with van der Waals surface area (Å²) in [6, 6.07) is 0. The first-order valence-electron chi connectivity index (χ1n) is 11.6. The summed E-state index contributed by atoms with van der Waals surface area (Å²) >= 11 is 0. The molecule has 0 fully saturated rings. The highest BCUT2D eigenvalue weighted by Gasteiger charge is 2.24. The molecule has 4 N–H and O–H groups in total. The Bertz CT molecular complexity index is 456. The molecule has 0 saturated heterocycles. The van der Waals surface area contributed by atoms with Gasteiger partial charge in [0.15, 0.2) is 5.92 Å². The van der Waals surface area contributed by atoms with Gasteiger partial charge in [-0.1, -0.05) is 84.0 Å². The maximum absolute atomic E-state index is 10.6. The van der Waals surface area contributed by atoms with Crippen LogP contribution in [0.5, 0.6) is 0 Å². The molecule has 0 aliphatic heterocycles. The van der Waals surface area contributed by atoms with Crippen molar-refractivity contribution in [3.8, 4) is 0 Å². The van der Waals surface area contributed by atoms with Crippen LogP contribution in [-0.2, 0) is 19.2 Å². The quantitative estimate of drug-likeness (QED) is 0.140. The summed E-state index contributed by atoms with van der Waals surface area (Å²) in [5.41, 5.74) is 0. The van der Waals surface area contributed by atoms with Crippen LogP contribution in [0.1, 0.15) is 116 Å². The Hall–Kier alpha value is -2.12. The fourth-order valence-corrected chi connectivity index (χ4v) is 3.09. The van der Waals surface area contributed by atoms with Crippen molar-refractivity contribution in [2.45, 2.75) is 116 Å². The molecule has 0 aromatic rings. The molecule has 182 valence electrons. The van der Waals surface area contributed by atoms with Crippen molar-refractivity contribution in [2.75, 3.05) is 0 Å². The molecule has 0 aromatic heterocycles. The summed E-state index contributed by atoms with van der Waals surface area (Å²) < 4.78 is 0. The topological polar surface area (TPSA) is 149 Å². The zero-order valence-corrected chi connectivity index (χ0v) is 19.0. The molecular weight excluding hydrogens is 404 g/mol. The van der Waals surface area contributed by atoms with Gasteiger partial charge in [0.05, 0.1) is 0 Å². The molecule has 0 heterocycles. The van der Waals surface area contributed by atoms with E-state index in [1.807, 2.05) is 0 Å². The highest BCUT2D eigenvalue weighted by Crippen LogP contribution is 2.14. The van der Waals surface area contributed by atoms with Gasteiger partial charge in [0, 0.05) is 12.8 Å². The average Bonchev–Trinajstić information content (AvgIpc) is 2.68. The Labute approximate surface area is 186 Å². The molecule has 8 nitrogen and oxygen atoms in total. The van der Waals surface area contributed by atoms with Gasteiger partial charge < -0.3 is 20.4 Å². The van der Waals surface area contributed by atoms with Gasteiger partial charge in [0.25, 0.3) is 0 Å². The summed E-state index contributed by atoms with van der Waals surface area (Å²) in [7, 11) is 0. The maximum atomic E-state index is 10.6. The van der Waals surface area contributed by atoms with Crippen LogP contribution in [0.3, 0.4) is 0 Å². The van der Waals surface area contributed by atoms with Crippen LogP contribution >= 0.6 is 0 Å². The number of hydrogen-bond acceptors (Lipinski definition) is 4. The van der Waals surface area contributed by atoms with Crippen molar-refractivity contribution in [3.05, 3.63) is 0 Å². The Morgan fingerprint density at radius 1 is 0.516 bits per heavy atom. The van der Waals surface area contributed by atoms with E-state index in [1.165, 1.54) is 32.1 Å². The molecule has 0 rings (SSSR count). The number of unbranched alkanes of at least 4 members (excludes halogenated alkanes) is 12. The van der Waals surface area contributed by atoms with Crippen molar-refractivity contribution in [3.63, 3.8) is 0 Å². The SMILES string of the molecule is CCCCCCCCCCC(C(=O)O)C(=O)O.O=C(O)CCCCCCCCC(=O)O. The smallest absolute Gasteiger partial charge is 0.317 e. The second kappa shape index (κ2) is 22.6. The van der Waals surface area contributed by atoms with Gasteiger partial charge in [-0.15, -0.1) is 0 Å². The summed E-state index contributed by atoms with van der Waals surface area (Å²) in [6.07, 6.45) is 15.0. The second-order valence-corrected chi connectivity index (χ2v) is 7.90. The minimum atomic E-state index is -1.23. The van der Waals surface area contributed by atoms with E-state index in [0.29, 0.717) is 6.42 Å². The fourth-order valence-electron chi connectivity index (χ4n) is 3.09. The molecule has 0 aliphatic rings. The van der Waals surface area contributed by atoms with E-state index < -0.39 is 29.8 Å². The molecule has 0 aliphatic carbocycles. The Morgan fingerprint density at radius 3 is 1.16 bits per heavy atom. The van der Waals surface area contributed by atoms with Crippen molar-refractivity contribution >= 4 is 23.9 Å². The van der Waals surface area contributed by atoms with Gasteiger partial charge in [-0.3, -0.25) is 19.2 Å². The third-order valence-electron chi connectivity index (χ3n) is 4.97. The molecule has 0 aromatic carbocycles. The maximum Gasteiger partial charge on any atom is 0.317 e. The molecular formula is C23H42O8. The molecule has 0 spiro atoms. The molecule has 0 saturated carbocycles. The zero-order valence-electron chi connectivity index (χ0n) is 19.0. The molecule has 0 amide bonds. The van der Waals surface area contributed by atoms with Crippen molar-refractivity contribution < 1.29 is 39.6 Å². The third kappa shape index (κ3) is 25.8. The van der Waals surface area contributed by atoms with Crippen molar-refractivity contribution in [1.82, 2.24) is 0 Å². The molecule has 0 unspecified atom stereocenters. The van der Waals surface area contributed by atoms with E-state index in [9.17, 15) is 19.2 Å². The van der Waals surface area contributed by atoms with Gasteiger partial charge in [0.2, 0.25) is 0 Å². The lowest BCUT2D eigenvalue weighted by molar-refractivity contribution is -0.155. The lowest BCUT2D eigenvalue weighted by atomic mass is 10.0. The van der Waals surface area contributed by atoms with Gasteiger partial charge in [-0.05, 0) is 19.3 Å².